The second-order valence-electron chi connectivity index (χ2n) is 5.07. The van der Waals surface area contributed by atoms with E-state index in [-0.39, 0.29) is 18.1 Å². The van der Waals surface area contributed by atoms with E-state index in [2.05, 4.69) is 18.8 Å². The predicted molar refractivity (Wildman–Crippen MR) is 76.9 cm³/mol. The van der Waals surface area contributed by atoms with Crippen molar-refractivity contribution in [3.05, 3.63) is 35.4 Å². The topological polar surface area (TPSA) is 40.5 Å². The summed E-state index contributed by atoms with van der Waals surface area (Å²) < 4.78 is 0. The molecule has 0 atom stereocenters. The van der Waals surface area contributed by atoms with Gasteiger partial charge < -0.3 is 10.0 Å². The van der Waals surface area contributed by atoms with Crippen molar-refractivity contribution < 1.29 is 9.90 Å². The zero-order valence-electron chi connectivity index (χ0n) is 12.0. The summed E-state index contributed by atoms with van der Waals surface area (Å²) in [4.78, 5) is 14.2. The molecule has 0 spiro atoms. The van der Waals surface area contributed by atoms with Gasteiger partial charge in [0.15, 0.2) is 0 Å². The number of aliphatic hydroxyl groups is 1. The van der Waals surface area contributed by atoms with E-state index in [1.54, 1.807) is 23.1 Å². The molecule has 1 amide bonds. The standard InChI is InChI=1S/C16H21NO2/c1-5-16(2,3)17(4)15(19)14-10-6-8-13(12-14)9-7-11-18/h6,8,10,12,18H,5,11H2,1-4H3. The van der Waals surface area contributed by atoms with E-state index in [0.29, 0.717) is 5.56 Å². The largest absolute Gasteiger partial charge is 0.384 e. The summed E-state index contributed by atoms with van der Waals surface area (Å²) in [6.45, 7) is 5.97. The van der Waals surface area contributed by atoms with Gasteiger partial charge in [0.1, 0.15) is 6.61 Å². The number of amides is 1. The van der Waals surface area contributed by atoms with Crippen molar-refractivity contribution in [1.82, 2.24) is 4.90 Å². The summed E-state index contributed by atoms with van der Waals surface area (Å²) in [5, 5.41) is 8.68. The number of rotatable bonds is 3. The van der Waals surface area contributed by atoms with Crippen molar-refractivity contribution in [3.63, 3.8) is 0 Å². The Morgan fingerprint density at radius 2 is 2.11 bits per heavy atom. The first-order valence-corrected chi connectivity index (χ1v) is 6.40. The monoisotopic (exact) mass is 259 g/mol. The maximum absolute atomic E-state index is 12.4. The highest BCUT2D eigenvalue weighted by Crippen LogP contribution is 2.19. The van der Waals surface area contributed by atoms with Gasteiger partial charge >= 0.3 is 0 Å². The Hall–Kier alpha value is -1.79. The van der Waals surface area contributed by atoms with Gasteiger partial charge in [0.25, 0.3) is 5.91 Å². The summed E-state index contributed by atoms with van der Waals surface area (Å²) in [5.74, 6) is 5.38. The Labute approximate surface area is 115 Å². The highest BCUT2D eigenvalue weighted by atomic mass is 16.2. The minimum Gasteiger partial charge on any atom is -0.384 e. The third-order valence-electron chi connectivity index (χ3n) is 3.50. The number of carbonyl (C=O) groups is 1. The van der Waals surface area contributed by atoms with E-state index in [9.17, 15) is 4.79 Å². The molecule has 1 rings (SSSR count). The average molecular weight is 259 g/mol. The first-order chi connectivity index (χ1) is 8.92. The van der Waals surface area contributed by atoms with Crippen LogP contribution in [-0.4, -0.2) is 35.1 Å². The predicted octanol–water partition coefficient (Wildman–Crippen LogP) is 2.29. The second-order valence-corrected chi connectivity index (χ2v) is 5.07. The van der Waals surface area contributed by atoms with Crippen LogP contribution in [0.25, 0.3) is 0 Å². The van der Waals surface area contributed by atoms with E-state index in [4.69, 9.17) is 5.11 Å². The fourth-order valence-electron chi connectivity index (χ4n) is 1.58. The van der Waals surface area contributed by atoms with Crippen molar-refractivity contribution >= 4 is 5.91 Å². The number of benzene rings is 1. The Morgan fingerprint density at radius 1 is 1.42 bits per heavy atom. The van der Waals surface area contributed by atoms with E-state index >= 15 is 0 Å². The van der Waals surface area contributed by atoms with Crippen LogP contribution in [0.1, 0.15) is 43.1 Å². The maximum atomic E-state index is 12.4. The molecular weight excluding hydrogens is 238 g/mol. The Kier molecular flexibility index (Phi) is 5.14. The number of carbonyl (C=O) groups excluding carboxylic acids is 1. The van der Waals surface area contributed by atoms with Gasteiger partial charge in [-0.05, 0) is 38.5 Å². The van der Waals surface area contributed by atoms with Crippen molar-refractivity contribution in [1.29, 1.82) is 0 Å². The molecule has 0 aliphatic carbocycles. The van der Waals surface area contributed by atoms with Crippen molar-refractivity contribution in [2.75, 3.05) is 13.7 Å². The molecule has 3 nitrogen and oxygen atoms in total. The Balaban J connectivity index is 3.00. The number of aliphatic hydroxyl groups excluding tert-OH is 1. The van der Waals surface area contributed by atoms with E-state index in [1.165, 1.54) is 0 Å². The highest BCUT2D eigenvalue weighted by Gasteiger charge is 2.26. The smallest absolute Gasteiger partial charge is 0.254 e. The Bertz CT molecular complexity index is 509. The van der Waals surface area contributed by atoms with Crippen molar-refractivity contribution in [2.24, 2.45) is 0 Å². The van der Waals surface area contributed by atoms with Crippen LogP contribution in [0.3, 0.4) is 0 Å². The van der Waals surface area contributed by atoms with Crippen LogP contribution in [0.5, 0.6) is 0 Å². The van der Waals surface area contributed by atoms with Crippen LogP contribution < -0.4 is 0 Å². The molecule has 19 heavy (non-hydrogen) atoms. The van der Waals surface area contributed by atoms with Gasteiger partial charge in [-0.2, -0.15) is 0 Å². The van der Waals surface area contributed by atoms with Crippen LogP contribution in [-0.2, 0) is 0 Å². The lowest BCUT2D eigenvalue weighted by molar-refractivity contribution is 0.0620. The zero-order chi connectivity index (χ0) is 14.5. The Morgan fingerprint density at radius 3 is 2.68 bits per heavy atom. The fourth-order valence-corrected chi connectivity index (χ4v) is 1.58. The third-order valence-corrected chi connectivity index (χ3v) is 3.50. The molecule has 102 valence electrons. The molecule has 0 aliphatic rings. The highest BCUT2D eigenvalue weighted by molar-refractivity contribution is 5.94. The quantitative estimate of drug-likeness (QED) is 0.846. The summed E-state index contributed by atoms with van der Waals surface area (Å²) in [7, 11) is 1.82. The summed E-state index contributed by atoms with van der Waals surface area (Å²) >= 11 is 0. The molecule has 0 saturated heterocycles. The van der Waals surface area contributed by atoms with Gasteiger partial charge in [-0.3, -0.25) is 4.79 Å². The first kappa shape index (κ1) is 15.3. The molecule has 0 bridgehead atoms. The molecule has 1 aromatic carbocycles. The molecule has 0 aliphatic heterocycles. The SMILES string of the molecule is CCC(C)(C)N(C)C(=O)c1cccc(C#CCO)c1. The second kappa shape index (κ2) is 6.40. The molecular formula is C16H21NO2. The van der Waals surface area contributed by atoms with Gasteiger partial charge in [-0.1, -0.05) is 24.8 Å². The number of hydrogen-bond acceptors (Lipinski definition) is 2. The molecule has 0 heterocycles. The number of nitrogens with zero attached hydrogens (tertiary/aromatic N) is 1. The molecule has 0 fully saturated rings. The zero-order valence-corrected chi connectivity index (χ0v) is 12.0. The molecule has 0 unspecified atom stereocenters. The third kappa shape index (κ3) is 3.84. The van der Waals surface area contributed by atoms with Gasteiger partial charge in [0.05, 0.1) is 0 Å². The molecule has 3 heteroatoms. The lowest BCUT2D eigenvalue weighted by Gasteiger charge is -2.35. The van der Waals surface area contributed by atoms with E-state index < -0.39 is 0 Å². The van der Waals surface area contributed by atoms with Gasteiger partial charge in [0.2, 0.25) is 0 Å². The summed E-state index contributed by atoms with van der Waals surface area (Å²) in [6, 6.07) is 7.17. The van der Waals surface area contributed by atoms with Crippen LogP contribution in [0.4, 0.5) is 0 Å². The number of hydrogen-bond donors (Lipinski definition) is 1. The van der Waals surface area contributed by atoms with Crippen molar-refractivity contribution in [3.8, 4) is 11.8 Å². The van der Waals surface area contributed by atoms with Crippen LogP contribution in [0.2, 0.25) is 0 Å². The maximum Gasteiger partial charge on any atom is 0.254 e. The van der Waals surface area contributed by atoms with E-state index in [0.717, 1.165) is 12.0 Å². The fraction of sp³-hybridized carbons (Fsp3) is 0.438. The lowest BCUT2D eigenvalue weighted by Crippen LogP contribution is -2.44. The molecule has 0 radical (unpaired) electrons. The molecule has 0 aromatic heterocycles. The molecule has 0 saturated carbocycles. The molecule has 1 N–H and O–H groups in total. The van der Waals surface area contributed by atoms with Crippen molar-refractivity contribution in [2.45, 2.75) is 32.7 Å². The van der Waals surface area contributed by atoms with Crippen LogP contribution in [0, 0.1) is 11.8 Å². The van der Waals surface area contributed by atoms with Gasteiger partial charge in [-0.15, -0.1) is 0 Å². The van der Waals surface area contributed by atoms with Gasteiger partial charge in [0, 0.05) is 23.7 Å². The first-order valence-electron chi connectivity index (χ1n) is 6.40. The van der Waals surface area contributed by atoms with Crippen LogP contribution in [0.15, 0.2) is 24.3 Å². The minimum absolute atomic E-state index is 0.0144. The average Bonchev–Trinajstić information content (AvgIpc) is 2.43. The normalized spacial score (nSPS) is 10.6. The minimum atomic E-state index is -0.180. The summed E-state index contributed by atoms with van der Waals surface area (Å²) in [5.41, 5.74) is 1.18. The van der Waals surface area contributed by atoms with Gasteiger partial charge in [-0.25, -0.2) is 0 Å². The summed E-state index contributed by atoms with van der Waals surface area (Å²) in [6.07, 6.45) is 0.888. The lowest BCUT2D eigenvalue weighted by atomic mass is 9.98. The van der Waals surface area contributed by atoms with Crippen LogP contribution >= 0.6 is 0 Å². The molecule has 1 aromatic rings. The van der Waals surface area contributed by atoms with E-state index in [1.807, 2.05) is 27.0 Å².